The van der Waals surface area contributed by atoms with E-state index >= 15 is 0 Å². The van der Waals surface area contributed by atoms with Gasteiger partial charge in [0.15, 0.2) is 0 Å². The zero-order valence-corrected chi connectivity index (χ0v) is 16.2. The van der Waals surface area contributed by atoms with E-state index in [4.69, 9.17) is 33.2 Å². The lowest BCUT2D eigenvalue weighted by molar-refractivity contribution is -0.189. The Bertz CT molecular complexity index is 630. The summed E-state index contributed by atoms with van der Waals surface area (Å²) in [4.78, 5) is 27.2. The molecule has 0 radical (unpaired) electrons. The number of hydrogen-bond donors (Lipinski definition) is 0. The summed E-state index contributed by atoms with van der Waals surface area (Å²) in [5.74, 6) is -0.726. The van der Waals surface area contributed by atoms with Crippen LogP contribution in [-0.2, 0) is 42.7 Å². The molecule has 29 heavy (non-hydrogen) atoms. The van der Waals surface area contributed by atoms with Gasteiger partial charge in [-0.15, -0.1) is 0 Å². The zero-order chi connectivity index (χ0) is 19.6. The van der Waals surface area contributed by atoms with Gasteiger partial charge >= 0.3 is 11.9 Å². The van der Waals surface area contributed by atoms with Gasteiger partial charge in [-0.2, -0.15) is 0 Å². The van der Waals surface area contributed by atoms with Crippen LogP contribution >= 0.6 is 0 Å². The molecule has 8 atom stereocenters. The topological polar surface area (TPSA) is 115 Å². The van der Waals surface area contributed by atoms with Gasteiger partial charge in [-0.25, -0.2) is 0 Å². The summed E-state index contributed by atoms with van der Waals surface area (Å²) in [6.07, 6.45) is 1.55. The minimum absolute atomic E-state index is 0.0220. The first kappa shape index (κ1) is 18.5. The molecule has 9 nitrogen and oxygen atoms in total. The van der Waals surface area contributed by atoms with E-state index in [0.29, 0.717) is 52.1 Å². The van der Waals surface area contributed by atoms with Crippen LogP contribution in [0.5, 0.6) is 0 Å². The molecule has 8 unspecified atom stereocenters. The minimum atomic E-state index is -1.05. The average Bonchev–Trinajstić information content (AvgIpc) is 3.48. The van der Waals surface area contributed by atoms with Crippen molar-refractivity contribution < 1.29 is 42.7 Å². The van der Waals surface area contributed by atoms with Crippen LogP contribution < -0.4 is 0 Å². The number of carbonyl (C=O) groups is 2. The highest BCUT2D eigenvalue weighted by Gasteiger charge is 2.72. The Morgan fingerprint density at radius 2 is 1.07 bits per heavy atom. The van der Waals surface area contributed by atoms with Crippen molar-refractivity contribution in [3.05, 3.63) is 0 Å². The van der Waals surface area contributed by atoms with Crippen LogP contribution in [0.15, 0.2) is 0 Å². The second kappa shape index (κ2) is 6.62. The number of carbonyl (C=O) groups excluding carboxylic acids is 2. The van der Waals surface area contributed by atoms with Crippen LogP contribution in [0, 0.1) is 10.8 Å². The Morgan fingerprint density at radius 1 is 0.690 bits per heavy atom. The molecular weight excluding hydrogens is 384 g/mol. The summed E-state index contributed by atoms with van der Waals surface area (Å²) in [7, 11) is 0. The van der Waals surface area contributed by atoms with Crippen molar-refractivity contribution >= 4 is 11.9 Å². The predicted molar refractivity (Wildman–Crippen MR) is 92.9 cm³/mol. The molecule has 6 aliphatic rings. The molecule has 0 aromatic carbocycles. The Morgan fingerprint density at radius 3 is 1.41 bits per heavy atom. The Kier molecular flexibility index (Phi) is 4.22. The van der Waals surface area contributed by atoms with Crippen molar-refractivity contribution in [2.75, 3.05) is 39.6 Å². The molecule has 6 fully saturated rings. The molecule has 1 saturated carbocycles. The molecule has 6 rings (SSSR count). The number of esters is 2. The third-order valence-electron chi connectivity index (χ3n) is 7.05. The monoisotopic (exact) mass is 410 g/mol. The molecular formula is C20H26O9. The van der Waals surface area contributed by atoms with Crippen molar-refractivity contribution in [1.29, 1.82) is 0 Å². The fourth-order valence-electron chi connectivity index (χ4n) is 4.99. The first-order chi connectivity index (χ1) is 14.1. The van der Waals surface area contributed by atoms with Gasteiger partial charge in [0.25, 0.3) is 0 Å². The molecule has 0 aromatic heterocycles. The number of fused-ring (bicyclic) bond motifs is 1. The first-order valence-corrected chi connectivity index (χ1v) is 10.5. The third kappa shape index (κ3) is 3.57. The molecule has 0 N–H and O–H groups in total. The van der Waals surface area contributed by atoms with Crippen molar-refractivity contribution in [2.24, 2.45) is 10.8 Å². The maximum absolute atomic E-state index is 13.6. The zero-order valence-electron chi connectivity index (χ0n) is 16.2. The van der Waals surface area contributed by atoms with Crippen LogP contribution in [0.4, 0.5) is 0 Å². The molecule has 5 aliphatic heterocycles. The standard InChI is InChI=1S/C20H26O9/c21-17(27-9-13-7-25-13)19(1-11-5-23-11)3-15-16(29-15)4-20(19,2-12-6-24-12)18(22)28-10-14-8-26-14/h11-16H,1-10H2. The van der Waals surface area contributed by atoms with E-state index in [9.17, 15) is 9.59 Å². The summed E-state index contributed by atoms with van der Waals surface area (Å²) in [5.41, 5.74) is -2.09. The molecule has 0 amide bonds. The highest BCUT2D eigenvalue weighted by Crippen LogP contribution is 2.63. The highest BCUT2D eigenvalue weighted by atomic mass is 16.6. The first-order valence-electron chi connectivity index (χ1n) is 10.5. The quantitative estimate of drug-likeness (QED) is 0.362. The van der Waals surface area contributed by atoms with E-state index in [1.807, 2.05) is 0 Å². The smallest absolute Gasteiger partial charge is 0.313 e. The maximum atomic E-state index is 13.6. The van der Waals surface area contributed by atoms with Gasteiger partial charge in [-0.05, 0) is 25.7 Å². The highest BCUT2D eigenvalue weighted by molar-refractivity contribution is 5.89. The fraction of sp³-hybridized carbons (Fsp3) is 0.900. The third-order valence-corrected chi connectivity index (χ3v) is 7.05. The van der Waals surface area contributed by atoms with Gasteiger partial charge in [-0.3, -0.25) is 9.59 Å². The van der Waals surface area contributed by atoms with Crippen molar-refractivity contribution in [2.45, 2.75) is 62.3 Å². The van der Waals surface area contributed by atoms with Gasteiger partial charge < -0.3 is 33.2 Å². The molecule has 0 aromatic rings. The average molecular weight is 410 g/mol. The van der Waals surface area contributed by atoms with E-state index < -0.39 is 10.8 Å². The molecule has 9 heteroatoms. The fourth-order valence-corrected chi connectivity index (χ4v) is 4.99. The van der Waals surface area contributed by atoms with Crippen LogP contribution in [0.2, 0.25) is 0 Å². The molecule has 0 bridgehead atoms. The van der Waals surface area contributed by atoms with Crippen LogP contribution in [0.3, 0.4) is 0 Å². The molecule has 160 valence electrons. The number of ether oxygens (including phenoxy) is 7. The van der Waals surface area contributed by atoms with Crippen molar-refractivity contribution in [3.8, 4) is 0 Å². The van der Waals surface area contributed by atoms with Gasteiger partial charge in [-0.1, -0.05) is 0 Å². The summed E-state index contributed by atoms with van der Waals surface area (Å²) in [6.45, 7) is 2.81. The van der Waals surface area contributed by atoms with Gasteiger partial charge in [0.2, 0.25) is 0 Å². The van der Waals surface area contributed by atoms with Crippen molar-refractivity contribution in [1.82, 2.24) is 0 Å². The van der Waals surface area contributed by atoms with Gasteiger partial charge in [0.05, 0.1) is 61.7 Å². The second-order valence-corrected chi connectivity index (χ2v) is 9.21. The maximum Gasteiger partial charge on any atom is 0.313 e. The van der Waals surface area contributed by atoms with Crippen LogP contribution in [0.1, 0.15) is 25.7 Å². The van der Waals surface area contributed by atoms with Gasteiger partial charge in [0, 0.05) is 0 Å². The van der Waals surface area contributed by atoms with Crippen molar-refractivity contribution in [3.63, 3.8) is 0 Å². The summed E-state index contributed by atoms with van der Waals surface area (Å²) < 4.78 is 38.6. The summed E-state index contributed by atoms with van der Waals surface area (Å²) >= 11 is 0. The molecule has 1 aliphatic carbocycles. The predicted octanol–water partition coefficient (Wildman–Crippen LogP) is -0.0178. The van der Waals surface area contributed by atoms with E-state index in [0.717, 1.165) is 0 Å². The molecule has 0 spiro atoms. The summed E-state index contributed by atoms with van der Waals surface area (Å²) in [5, 5.41) is 0. The van der Waals surface area contributed by atoms with Crippen LogP contribution in [0.25, 0.3) is 0 Å². The van der Waals surface area contributed by atoms with E-state index in [-0.39, 0.29) is 61.8 Å². The number of rotatable bonds is 10. The Hall–Kier alpha value is -1.26. The van der Waals surface area contributed by atoms with E-state index in [2.05, 4.69) is 0 Å². The SMILES string of the molecule is O=C(OCC1CO1)C1(CC2CO2)CC2OC2CC1(CC1CO1)C(=O)OCC1CO1. The lowest BCUT2D eigenvalue weighted by Crippen LogP contribution is -2.58. The van der Waals surface area contributed by atoms with E-state index in [1.165, 1.54) is 0 Å². The normalized spacial score (nSPS) is 48.3. The largest absolute Gasteiger partial charge is 0.462 e. The number of epoxide rings is 5. The Labute approximate surface area is 168 Å². The Balaban J connectivity index is 1.34. The van der Waals surface area contributed by atoms with Crippen LogP contribution in [-0.4, -0.2) is 88.2 Å². The van der Waals surface area contributed by atoms with E-state index in [1.54, 1.807) is 0 Å². The second-order valence-electron chi connectivity index (χ2n) is 9.21. The molecule has 5 saturated heterocycles. The molecule has 5 heterocycles. The summed E-state index contributed by atoms with van der Waals surface area (Å²) in [6, 6.07) is 0. The van der Waals surface area contributed by atoms with Gasteiger partial charge in [0.1, 0.15) is 25.4 Å². The number of hydrogen-bond acceptors (Lipinski definition) is 9. The lowest BCUT2D eigenvalue weighted by Gasteiger charge is -2.48. The lowest BCUT2D eigenvalue weighted by atomic mass is 9.52. The minimum Gasteiger partial charge on any atom is -0.462 e.